The molecule has 0 aromatic heterocycles. The number of hydrogen-bond acceptors (Lipinski definition) is 5. The summed E-state index contributed by atoms with van der Waals surface area (Å²) in [7, 11) is 0. The summed E-state index contributed by atoms with van der Waals surface area (Å²) in [4.78, 5) is 16.8. The predicted molar refractivity (Wildman–Crippen MR) is 130 cm³/mol. The van der Waals surface area contributed by atoms with Gasteiger partial charge in [-0.3, -0.25) is 4.79 Å². The van der Waals surface area contributed by atoms with E-state index in [2.05, 4.69) is 47.6 Å². The molecule has 32 heavy (non-hydrogen) atoms. The van der Waals surface area contributed by atoms with Crippen LogP contribution in [-0.2, 0) is 11.2 Å². The molecule has 3 rings (SSSR count). The van der Waals surface area contributed by atoms with Crippen LogP contribution in [0.15, 0.2) is 49.6 Å². The largest absolute Gasteiger partial charge is 0.393 e. The molecule has 6 heteroatoms. The maximum atomic E-state index is 12.5. The standard InChI is InChI=1S/C26H39N3O3/c1-3-13-26(32,14-4-2)20-27-22-9-15-28(16-10-22)23-7-5-21(6-8-23)19-25(31)29-17-11-24(30)12-18-29/h3-8,22,24,27,30,32H,1-2,9-20H2. The van der Waals surface area contributed by atoms with Crippen LogP contribution in [0.2, 0.25) is 0 Å². The number of benzene rings is 1. The molecule has 2 aliphatic rings. The number of piperidine rings is 2. The van der Waals surface area contributed by atoms with Gasteiger partial charge < -0.3 is 25.3 Å². The summed E-state index contributed by atoms with van der Waals surface area (Å²) in [6.07, 6.45) is 8.21. The van der Waals surface area contributed by atoms with E-state index < -0.39 is 5.60 Å². The number of aliphatic hydroxyl groups excluding tert-OH is 1. The number of likely N-dealkylation sites (tertiary alicyclic amines) is 1. The lowest BCUT2D eigenvalue weighted by Crippen LogP contribution is -2.48. The molecule has 2 heterocycles. The van der Waals surface area contributed by atoms with Crippen molar-refractivity contribution in [3.63, 3.8) is 0 Å². The van der Waals surface area contributed by atoms with Crippen molar-refractivity contribution in [2.45, 2.75) is 62.7 Å². The topological polar surface area (TPSA) is 76.0 Å². The molecule has 1 aromatic carbocycles. The summed E-state index contributed by atoms with van der Waals surface area (Å²) in [6, 6.07) is 8.74. The maximum absolute atomic E-state index is 12.5. The van der Waals surface area contributed by atoms with Crippen molar-refractivity contribution in [3.05, 3.63) is 55.1 Å². The zero-order valence-electron chi connectivity index (χ0n) is 19.2. The molecule has 0 aliphatic carbocycles. The van der Waals surface area contributed by atoms with E-state index in [-0.39, 0.29) is 12.0 Å². The average molecular weight is 442 g/mol. The number of hydrogen-bond donors (Lipinski definition) is 3. The molecule has 2 saturated heterocycles. The quantitative estimate of drug-likeness (QED) is 0.487. The highest BCUT2D eigenvalue weighted by molar-refractivity contribution is 5.79. The van der Waals surface area contributed by atoms with Crippen LogP contribution < -0.4 is 10.2 Å². The number of anilines is 1. The van der Waals surface area contributed by atoms with Crippen molar-refractivity contribution in [1.29, 1.82) is 0 Å². The molecule has 1 aromatic rings. The van der Waals surface area contributed by atoms with Crippen molar-refractivity contribution in [3.8, 4) is 0 Å². The Morgan fingerprint density at radius 3 is 2.19 bits per heavy atom. The average Bonchev–Trinajstić information content (AvgIpc) is 2.79. The SMILES string of the molecule is C=CCC(O)(CC=C)CNC1CCN(c2ccc(CC(=O)N3CCC(O)CC3)cc2)CC1. The molecule has 2 aliphatic heterocycles. The first-order valence-corrected chi connectivity index (χ1v) is 11.9. The Bertz CT molecular complexity index is 738. The van der Waals surface area contributed by atoms with Crippen LogP contribution in [-0.4, -0.2) is 71.5 Å². The first-order chi connectivity index (χ1) is 15.4. The van der Waals surface area contributed by atoms with E-state index in [4.69, 9.17) is 0 Å². The summed E-state index contributed by atoms with van der Waals surface area (Å²) in [6.45, 7) is 11.3. The van der Waals surface area contributed by atoms with Gasteiger partial charge in [0.1, 0.15) is 0 Å². The van der Waals surface area contributed by atoms with Gasteiger partial charge in [-0.15, -0.1) is 13.2 Å². The zero-order valence-corrected chi connectivity index (χ0v) is 19.2. The van der Waals surface area contributed by atoms with E-state index >= 15 is 0 Å². The van der Waals surface area contributed by atoms with Gasteiger partial charge in [-0.1, -0.05) is 24.3 Å². The van der Waals surface area contributed by atoms with Crippen LogP contribution in [0.25, 0.3) is 0 Å². The van der Waals surface area contributed by atoms with Crippen LogP contribution in [0.3, 0.4) is 0 Å². The Kier molecular flexibility index (Phi) is 8.91. The van der Waals surface area contributed by atoms with Crippen molar-refractivity contribution < 1.29 is 15.0 Å². The summed E-state index contributed by atoms with van der Waals surface area (Å²) < 4.78 is 0. The third kappa shape index (κ3) is 6.92. The fraction of sp³-hybridized carbons (Fsp3) is 0.577. The molecular weight excluding hydrogens is 402 g/mol. The van der Waals surface area contributed by atoms with Crippen molar-refractivity contribution in [1.82, 2.24) is 10.2 Å². The lowest BCUT2D eigenvalue weighted by Gasteiger charge is -2.36. The lowest BCUT2D eigenvalue weighted by atomic mass is 9.94. The minimum absolute atomic E-state index is 0.143. The number of nitrogens with one attached hydrogen (secondary N) is 1. The highest BCUT2D eigenvalue weighted by Gasteiger charge is 2.27. The third-order valence-corrected chi connectivity index (χ3v) is 6.74. The summed E-state index contributed by atoms with van der Waals surface area (Å²) in [5.41, 5.74) is 1.42. The highest BCUT2D eigenvalue weighted by atomic mass is 16.3. The normalized spacial score (nSPS) is 18.6. The van der Waals surface area contributed by atoms with E-state index in [0.29, 0.717) is 57.8 Å². The lowest BCUT2D eigenvalue weighted by molar-refractivity contribution is -0.132. The zero-order chi connectivity index (χ0) is 23.0. The molecule has 0 atom stereocenters. The summed E-state index contributed by atoms with van der Waals surface area (Å²) in [5, 5.41) is 23.9. The number of carbonyl (C=O) groups is 1. The molecule has 1 amide bonds. The van der Waals surface area contributed by atoms with Crippen molar-refractivity contribution in [2.75, 3.05) is 37.6 Å². The van der Waals surface area contributed by atoms with E-state index in [1.54, 1.807) is 12.2 Å². The van der Waals surface area contributed by atoms with Gasteiger partial charge in [0.2, 0.25) is 5.91 Å². The van der Waals surface area contributed by atoms with E-state index in [1.807, 2.05) is 4.90 Å². The van der Waals surface area contributed by atoms with Gasteiger partial charge in [0.25, 0.3) is 0 Å². The number of nitrogens with zero attached hydrogens (tertiary/aromatic N) is 2. The van der Waals surface area contributed by atoms with Crippen LogP contribution in [0.4, 0.5) is 5.69 Å². The molecule has 6 nitrogen and oxygen atoms in total. The second-order valence-electron chi connectivity index (χ2n) is 9.31. The third-order valence-electron chi connectivity index (χ3n) is 6.74. The van der Waals surface area contributed by atoms with Gasteiger partial charge in [0.15, 0.2) is 0 Å². The molecule has 0 unspecified atom stereocenters. The van der Waals surface area contributed by atoms with E-state index in [1.165, 1.54) is 5.69 Å². The van der Waals surface area contributed by atoms with E-state index in [0.717, 1.165) is 31.5 Å². The molecule has 0 spiro atoms. The number of rotatable bonds is 10. The van der Waals surface area contributed by atoms with Crippen molar-refractivity contribution >= 4 is 11.6 Å². The second kappa shape index (κ2) is 11.6. The number of aliphatic hydroxyl groups is 2. The molecule has 0 bridgehead atoms. The monoisotopic (exact) mass is 441 g/mol. The first-order valence-electron chi connectivity index (χ1n) is 11.9. The molecular formula is C26H39N3O3. The molecule has 176 valence electrons. The number of carbonyl (C=O) groups excluding carboxylic acids is 1. The Morgan fingerprint density at radius 1 is 1.03 bits per heavy atom. The first kappa shape index (κ1) is 24.5. The Morgan fingerprint density at radius 2 is 1.62 bits per heavy atom. The number of amides is 1. The van der Waals surface area contributed by atoms with Crippen LogP contribution in [0, 0.1) is 0 Å². The van der Waals surface area contributed by atoms with Gasteiger partial charge in [-0.25, -0.2) is 0 Å². The Labute approximate surface area is 192 Å². The van der Waals surface area contributed by atoms with Crippen molar-refractivity contribution in [2.24, 2.45) is 0 Å². The smallest absolute Gasteiger partial charge is 0.226 e. The highest BCUT2D eigenvalue weighted by Crippen LogP contribution is 2.22. The van der Waals surface area contributed by atoms with Gasteiger partial charge >= 0.3 is 0 Å². The van der Waals surface area contributed by atoms with E-state index in [9.17, 15) is 15.0 Å². The van der Waals surface area contributed by atoms with Crippen LogP contribution >= 0.6 is 0 Å². The molecule has 0 saturated carbocycles. The summed E-state index contributed by atoms with van der Waals surface area (Å²) >= 11 is 0. The van der Waals surface area contributed by atoms with Crippen LogP contribution in [0.1, 0.15) is 44.1 Å². The van der Waals surface area contributed by atoms with Gasteiger partial charge in [-0.2, -0.15) is 0 Å². The minimum Gasteiger partial charge on any atom is -0.393 e. The second-order valence-corrected chi connectivity index (χ2v) is 9.31. The maximum Gasteiger partial charge on any atom is 0.226 e. The minimum atomic E-state index is -0.804. The Hall–Kier alpha value is -2.15. The van der Waals surface area contributed by atoms with Gasteiger partial charge in [0, 0.05) is 44.5 Å². The summed E-state index contributed by atoms with van der Waals surface area (Å²) in [5.74, 6) is 0.143. The fourth-order valence-electron chi connectivity index (χ4n) is 4.67. The molecule has 0 radical (unpaired) electrons. The fourth-order valence-corrected chi connectivity index (χ4v) is 4.67. The molecule has 3 N–H and O–H groups in total. The Balaban J connectivity index is 1.44. The molecule has 2 fully saturated rings. The van der Waals surface area contributed by atoms with Gasteiger partial charge in [0.05, 0.1) is 18.1 Å². The van der Waals surface area contributed by atoms with Crippen LogP contribution in [0.5, 0.6) is 0 Å². The predicted octanol–water partition coefficient (Wildman–Crippen LogP) is 2.65. The van der Waals surface area contributed by atoms with Gasteiger partial charge in [-0.05, 0) is 56.2 Å².